The molecule has 0 radical (unpaired) electrons. The highest BCUT2D eigenvalue weighted by molar-refractivity contribution is 14.2. The molecule has 5 nitrogen and oxygen atoms in total. The second kappa shape index (κ2) is 9.21. The van der Waals surface area contributed by atoms with E-state index >= 15 is 0 Å². The van der Waals surface area contributed by atoms with E-state index in [0.717, 1.165) is 19.3 Å². The van der Waals surface area contributed by atoms with Crippen LogP contribution in [0.2, 0.25) is 0 Å². The van der Waals surface area contributed by atoms with Crippen LogP contribution in [0.4, 0.5) is 15.9 Å². The standard InChI is InChI=1S/C23H17FIN3O2S/c1-30-23(29)21-18-8-5-14(13-26)11-20(18)27-22(21)28(16-3-2-4-16)17-7-6-15(9-10-31-25)19(24)12-17/h5-8,11-12,16,27H,2-4H2,1H3. The van der Waals surface area contributed by atoms with Crippen molar-refractivity contribution in [1.82, 2.24) is 4.98 Å². The first-order valence-corrected chi connectivity index (χ1v) is 12.9. The number of H-pyrrole nitrogens is 1. The van der Waals surface area contributed by atoms with Gasteiger partial charge in [-0.2, -0.15) is 5.26 Å². The van der Waals surface area contributed by atoms with Crippen LogP contribution < -0.4 is 4.90 Å². The molecule has 1 N–H and O–H groups in total. The molecule has 1 saturated carbocycles. The Morgan fingerprint density at radius 1 is 1.32 bits per heavy atom. The number of anilines is 2. The summed E-state index contributed by atoms with van der Waals surface area (Å²) in [5.41, 5.74) is 2.46. The lowest BCUT2D eigenvalue weighted by molar-refractivity contribution is 0.0603. The summed E-state index contributed by atoms with van der Waals surface area (Å²) in [4.78, 5) is 18.0. The summed E-state index contributed by atoms with van der Waals surface area (Å²) < 4.78 is 19.8. The number of nitrogens with zero attached hydrogens (tertiary/aromatic N) is 2. The number of nitriles is 1. The topological polar surface area (TPSA) is 69.1 Å². The van der Waals surface area contributed by atoms with E-state index in [0.29, 0.717) is 39.1 Å². The first-order chi connectivity index (χ1) is 15.1. The third-order valence-corrected chi connectivity index (χ3v) is 6.27. The number of fused-ring (bicyclic) bond motifs is 1. The van der Waals surface area contributed by atoms with E-state index in [4.69, 9.17) is 4.74 Å². The van der Waals surface area contributed by atoms with Crippen LogP contribution in [0.3, 0.4) is 0 Å². The number of carbonyl (C=O) groups excluding carboxylic acids is 1. The summed E-state index contributed by atoms with van der Waals surface area (Å²) in [5.74, 6) is 2.44. The minimum Gasteiger partial charge on any atom is -0.465 e. The summed E-state index contributed by atoms with van der Waals surface area (Å²) >= 11 is 2.04. The zero-order valence-electron chi connectivity index (χ0n) is 16.5. The van der Waals surface area contributed by atoms with Gasteiger partial charge in [0.1, 0.15) is 17.2 Å². The van der Waals surface area contributed by atoms with Crippen molar-refractivity contribution in [3.8, 4) is 17.2 Å². The van der Waals surface area contributed by atoms with Gasteiger partial charge in [0, 0.05) is 43.8 Å². The molecule has 1 heterocycles. The molecule has 0 bridgehead atoms. The quantitative estimate of drug-likeness (QED) is 0.246. The molecular formula is C23H17FIN3O2S. The van der Waals surface area contributed by atoms with Crippen molar-refractivity contribution >= 4 is 58.5 Å². The molecule has 2 aromatic carbocycles. The molecule has 0 unspecified atom stereocenters. The van der Waals surface area contributed by atoms with Crippen LogP contribution >= 0.6 is 30.1 Å². The number of benzene rings is 2. The molecule has 1 aliphatic carbocycles. The molecule has 3 aromatic rings. The number of rotatable bonds is 4. The van der Waals surface area contributed by atoms with Gasteiger partial charge >= 0.3 is 5.97 Å². The zero-order chi connectivity index (χ0) is 22.0. The normalized spacial score (nSPS) is 13.1. The van der Waals surface area contributed by atoms with E-state index < -0.39 is 11.8 Å². The number of carbonyl (C=O) groups is 1. The number of hydrogen-bond acceptors (Lipinski definition) is 5. The first-order valence-electron chi connectivity index (χ1n) is 9.59. The van der Waals surface area contributed by atoms with Gasteiger partial charge in [0.25, 0.3) is 0 Å². The van der Waals surface area contributed by atoms with Crippen molar-refractivity contribution in [2.75, 3.05) is 12.0 Å². The summed E-state index contributed by atoms with van der Waals surface area (Å²) in [5, 5.41) is 12.7. The van der Waals surface area contributed by atoms with Gasteiger partial charge in [-0.15, -0.1) is 0 Å². The maximum atomic E-state index is 14.8. The Morgan fingerprint density at radius 2 is 2.13 bits per heavy atom. The number of methoxy groups -OCH3 is 1. The van der Waals surface area contributed by atoms with Gasteiger partial charge in [0.15, 0.2) is 0 Å². The van der Waals surface area contributed by atoms with Gasteiger partial charge in [-0.1, -0.05) is 12.0 Å². The fourth-order valence-electron chi connectivity index (χ4n) is 3.74. The smallest absolute Gasteiger partial charge is 0.342 e. The number of nitrogens with one attached hydrogen (secondary N) is 1. The van der Waals surface area contributed by atoms with Crippen molar-refractivity contribution in [3.05, 3.63) is 58.9 Å². The Balaban J connectivity index is 1.90. The number of aromatic nitrogens is 1. The Labute approximate surface area is 195 Å². The molecule has 1 aromatic heterocycles. The average Bonchev–Trinajstić information content (AvgIpc) is 3.12. The fourth-order valence-corrected chi connectivity index (χ4v) is 4.22. The third-order valence-electron chi connectivity index (χ3n) is 5.43. The van der Waals surface area contributed by atoms with E-state index in [-0.39, 0.29) is 6.04 Å². The van der Waals surface area contributed by atoms with Crippen LogP contribution in [-0.2, 0) is 4.74 Å². The van der Waals surface area contributed by atoms with Crippen LogP contribution in [0.25, 0.3) is 10.9 Å². The van der Waals surface area contributed by atoms with Gasteiger partial charge < -0.3 is 14.6 Å². The third kappa shape index (κ3) is 4.10. The van der Waals surface area contributed by atoms with Crippen LogP contribution in [0, 0.1) is 28.3 Å². The van der Waals surface area contributed by atoms with E-state index in [1.807, 2.05) is 32.2 Å². The largest absolute Gasteiger partial charge is 0.465 e. The van der Waals surface area contributed by atoms with E-state index in [1.54, 1.807) is 24.3 Å². The minimum atomic E-state index is -0.489. The molecule has 156 valence electrons. The lowest BCUT2D eigenvalue weighted by atomic mass is 9.90. The number of halogens is 2. The van der Waals surface area contributed by atoms with Gasteiger partial charge in [-0.25, -0.2) is 9.18 Å². The van der Waals surface area contributed by atoms with Crippen LogP contribution in [-0.4, -0.2) is 24.1 Å². The van der Waals surface area contributed by atoms with Gasteiger partial charge in [-0.3, -0.25) is 0 Å². The molecule has 0 aliphatic heterocycles. The van der Waals surface area contributed by atoms with Crippen molar-refractivity contribution in [3.63, 3.8) is 0 Å². The van der Waals surface area contributed by atoms with E-state index in [2.05, 4.69) is 22.2 Å². The molecule has 1 aliphatic rings. The second-order valence-corrected chi connectivity index (χ2v) is 8.82. The summed E-state index contributed by atoms with van der Waals surface area (Å²) in [6.45, 7) is 0. The Hall–Kier alpha value is -2.69. The van der Waals surface area contributed by atoms with Crippen molar-refractivity contribution in [2.24, 2.45) is 0 Å². The maximum absolute atomic E-state index is 14.8. The zero-order valence-corrected chi connectivity index (χ0v) is 19.5. The highest BCUT2D eigenvalue weighted by Crippen LogP contribution is 2.40. The molecule has 0 atom stereocenters. The predicted octanol–water partition coefficient (Wildman–Crippen LogP) is 6.05. The lowest BCUT2D eigenvalue weighted by Crippen LogP contribution is -2.37. The second-order valence-electron chi connectivity index (χ2n) is 7.14. The predicted molar refractivity (Wildman–Crippen MR) is 129 cm³/mol. The number of esters is 1. The summed E-state index contributed by atoms with van der Waals surface area (Å²) in [6, 6.07) is 12.3. The van der Waals surface area contributed by atoms with Gasteiger partial charge in [0.2, 0.25) is 0 Å². The molecule has 1 fully saturated rings. The van der Waals surface area contributed by atoms with Crippen LogP contribution in [0.15, 0.2) is 36.4 Å². The SMILES string of the molecule is COC(=O)c1c(N(c2ccc(C#CSI)c(F)c2)C2CCC2)[nH]c2cc(C#N)ccc12. The van der Waals surface area contributed by atoms with E-state index in [1.165, 1.54) is 22.1 Å². The average molecular weight is 545 g/mol. The summed E-state index contributed by atoms with van der Waals surface area (Å²) in [6.07, 6.45) is 2.91. The van der Waals surface area contributed by atoms with Crippen molar-refractivity contribution in [1.29, 1.82) is 5.26 Å². The maximum Gasteiger partial charge on any atom is 0.342 e. The van der Waals surface area contributed by atoms with Crippen molar-refractivity contribution in [2.45, 2.75) is 25.3 Å². The van der Waals surface area contributed by atoms with Crippen LogP contribution in [0.1, 0.15) is 40.7 Å². The monoisotopic (exact) mass is 545 g/mol. The molecule has 8 heteroatoms. The molecular weight excluding hydrogens is 528 g/mol. The number of aromatic amines is 1. The Bertz CT molecular complexity index is 1270. The van der Waals surface area contributed by atoms with Crippen molar-refractivity contribution < 1.29 is 13.9 Å². The van der Waals surface area contributed by atoms with Crippen LogP contribution in [0.5, 0.6) is 0 Å². The molecule has 4 rings (SSSR count). The lowest BCUT2D eigenvalue weighted by Gasteiger charge is -2.39. The van der Waals surface area contributed by atoms with Gasteiger partial charge in [-0.05, 0) is 63.8 Å². The molecule has 0 spiro atoms. The van der Waals surface area contributed by atoms with Gasteiger partial charge in [0.05, 0.1) is 24.3 Å². The Morgan fingerprint density at radius 3 is 2.74 bits per heavy atom. The number of hydrogen-bond donors (Lipinski definition) is 1. The first kappa shape index (κ1) is 21.5. The number of ether oxygens (including phenoxy) is 1. The Kier molecular flexibility index (Phi) is 6.40. The molecule has 31 heavy (non-hydrogen) atoms. The fraction of sp³-hybridized carbons (Fsp3) is 0.217. The molecule has 0 amide bonds. The summed E-state index contributed by atoms with van der Waals surface area (Å²) in [7, 11) is 2.63. The highest BCUT2D eigenvalue weighted by Gasteiger charge is 2.32. The van der Waals surface area contributed by atoms with E-state index in [9.17, 15) is 14.4 Å². The highest BCUT2D eigenvalue weighted by atomic mass is 127. The molecule has 0 saturated heterocycles. The minimum absolute atomic E-state index is 0.119.